The second-order valence-electron chi connectivity index (χ2n) is 7.40. The van der Waals surface area contributed by atoms with Crippen molar-refractivity contribution in [2.45, 2.75) is 19.8 Å². The van der Waals surface area contributed by atoms with E-state index in [1.807, 2.05) is 0 Å². The van der Waals surface area contributed by atoms with Gasteiger partial charge in [-0.15, -0.1) is 0 Å². The summed E-state index contributed by atoms with van der Waals surface area (Å²) in [5.74, 6) is 0.365. The molecule has 0 N–H and O–H groups in total. The molecule has 0 spiro atoms. The van der Waals surface area contributed by atoms with Crippen molar-refractivity contribution in [3.8, 4) is 0 Å². The summed E-state index contributed by atoms with van der Waals surface area (Å²) in [7, 11) is 0. The van der Waals surface area contributed by atoms with Gasteiger partial charge in [-0.25, -0.2) is 9.79 Å². The number of piperazine rings is 1. The van der Waals surface area contributed by atoms with E-state index in [-0.39, 0.29) is 36.2 Å². The maximum atomic E-state index is 12.9. The van der Waals surface area contributed by atoms with Crippen LogP contribution in [0.15, 0.2) is 28.7 Å². The lowest BCUT2D eigenvalue weighted by atomic mass is 9.94. The van der Waals surface area contributed by atoms with Crippen molar-refractivity contribution >= 4 is 40.9 Å². The Kier molecular flexibility index (Phi) is 6.21. The van der Waals surface area contributed by atoms with Crippen LogP contribution in [0.4, 0.5) is 4.79 Å². The quantitative estimate of drug-likeness (QED) is 0.579. The lowest BCUT2D eigenvalue weighted by molar-refractivity contribution is -0.134. The maximum absolute atomic E-state index is 12.9. The predicted molar refractivity (Wildman–Crippen MR) is 113 cm³/mol. The van der Waals surface area contributed by atoms with Crippen LogP contribution in [0.3, 0.4) is 0 Å². The van der Waals surface area contributed by atoms with Gasteiger partial charge >= 0.3 is 6.09 Å². The van der Waals surface area contributed by atoms with Crippen molar-refractivity contribution in [1.29, 1.82) is 0 Å². The number of aliphatic imine (C=N–C) groups is 1. The second kappa shape index (κ2) is 9.04. The minimum Gasteiger partial charge on any atom is -0.454 e. The van der Waals surface area contributed by atoms with Crippen molar-refractivity contribution in [2.24, 2.45) is 10.9 Å². The number of hydrogen-bond acceptors (Lipinski definition) is 7. The summed E-state index contributed by atoms with van der Waals surface area (Å²) < 4.78 is 15.7. The zero-order valence-electron chi connectivity index (χ0n) is 17.2. The van der Waals surface area contributed by atoms with E-state index in [1.54, 1.807) is 28.9 Å². The average molecular weight is 449 g/mol. The number of rotatable bonds is 5. The third-order valence-electron chi connectivity index (χ3n) is 5.51. The molecule has 166 valence electrons. The molecule has 4 aliphatic rings. The van der Waals surface area contributed by atoms with Crippen LogP contribution in [-0.4, -0.2) is 89.6 Å². The van der Waals surface area contributed by atoms with Crippen LogP contribution in [0.25, 0.3) is 0 Å². The minimum atomic E-state index is -0.557. The number of ether oxygens (including phenoxy) is 3. The van der Waals surface area contributed by atoms with E-state index in [1.165, 1.54) is 4.90 Å². The average Bonchev–Trinajstić information content (AvgIpc) is 3.22. The number of amides is 3. The SMILES string of the molecule is CCOC(=O)N1CCN(C(=O)CCCN2C(=O)C3C=C4OCOC4=CC3=NC2=S)CC1. The van der Waals surface area contributed by atoms with Crippen LogP contribution in [0.5, 0.6) is 0 Å². The van der Waals surface area contributed by atoms with Crippen LogP contribution in [0.2, 0.25) is 0 Å². The van der Waals surface area contributed by atoms with Crippen molar-refractivity contribution in [2.75, 3.05) is 46.1 Å². The Morgan fingerprint density at radius 2 is 1.90 bits per heavy atom. The molecule has 0 aromatic rings. The Bertz CT molecular complexity index is 890. The summed E-state index contributed by atoms with van der Waals surface area (Å²) in [6.07, 6.45) is 3.80. The molecule has 1 aliphatic carbocycles. The van der Waals surface area contributed by atoms with Gasteiger partial charge in [0.1, 0.15) is 5.92 Å². The number of fused-ring (bicyclic) bond motifs is 2. The summed E-state index contributed by atoms with van der Waals surface area (Å²) >= 11 is 5.31. The van der Waals surface area contributed by atoms with Gasteiger partial charge in [-0.2, -0.15) is 0 Å². The molecule has 0 bridgehead atoms. The zero-order chi connectivity index (χ0) is 22.0. The maximum Gasteiger partial charge on any atom is 0.409 e. The molecular formula is C20H24N4O6S. The molecule has 3 amide bonds. The molecule has 1 unspecified atom stereocenters. The van der Waals surface area contributed by atoms with E-state index in [0.29, 0.717) is 63.0 Å². The van der Waals surface area contributed by atoms with Crippen LogP contribution in [0.1, 0.15) is 19.8 Å². The van der Waals surface area contributed by atoms with Crippen LogP contribution >= 0.6 is 12.2 Å². The lowest BCUT2D eigenvalue weighted by Crippen LogP contribution is -2.51. The molecule has 1 atom stereocenters. The molecule has 0 saturated carbocycles. The fourth-order valence-electron chi connectivity index (χ4n) is 3.84. The molecular weight excluding hydrogens is 424 g/mol. The highest BCUT2D eigenvalue weighted by molar-refractivity contribution is 7.80. The van der Waals surface area contributed by atoms with E-state index >= 15 is 0 Å². The van der Waals surface area contributed by atoms with Gasteiger partial charge in [-0.1, -0.05) is 0 Å². The van der Waals surface area contributed by atoms with Crippen molar-refractivity contribution in [1.82, 2.24) is 14.7 Å². The van der Waals surface area contributed by atoms with Crippen molar-refractivity contribution in [3.05, 3.63) is 23.7 Å². The standard InChI is InChI=1S/C20H24N4O6S/c1-2-28-20(27)23-8-6-22(7-9-23)17(25)4-3-5-24-18(26)13-10-15-16(30-12-29-15)11-14(13)21-19(24)31/h10-11,13H,2-9,12H2,1H3. The monoisotopic (exact) mass is 448 g/mol. The first kappa shape index (κ1) is 21.3. The van der Waals surface area contributed by atoms with Crippen LogP contribution in [-0.2, 0) is 23.8 Å². The van der Waals surface area contributed by atoms with Gasteiger partial charge in [0.15, 0.2) is 11.5 Å². The molecule has 0 aromatic carbocycles. The van der Waals surface area contributed by atoms with E-state index < -0.39 is 5.92 Å². The topological polar surface area (TPSA) is 101 Å². The molecule has 0 aromatic heterocycles. The van der Waals surface area contributed by atoms with Crippen molar-refractivity contribution in [3.63, 3.8) is 0 Å². The fraction of sp³-hybridized carbons (Fsp3) is 0.550. The Labute approximate surface area is 185 Å². The van der Waals surface area contributed by atoms with E-state index in [4.69, 9.17) is 26.4 Å². The highest BCUT2D eigenvalue weighted by atomic mass is 32.1. The molecule has 2 saturated heterocycles. The Morgan fingerprint density at radius 1 is 1.19 bits per heavy atom. The Balaban J connectivity index is 1.27. The molecule has 11 heteroatoms. The predicted octanol–water partition coefficient (Wildman–Crippen LogP) is 1.04. The molecule has 0 radical (unpaired) electrons. The number of carbonyl (C=O) groups is 3. The summed E-state index contributed by atoms with van der Waals surface area (Å²) in [5, 5.41) is 0.194. The van der Waals surface area contributed by atoms with Crippen LogP contribution in [0, 0.1) is 5.92 Å². The van der Waals surface area contributed by atoms with E-state index in [2.05, 4.69) is 4.99 Å². The van der Waals surface area contributed by atoms with Gasteiger partial charge in [0.05, 0.1) is 12.3 Å². The summed E-state index contributed by atoms with van der Waals surface area (Å²) in [5.41, 5.74) is 0.547. The minimum absolute atomic E-state index is 0.00746. The third-order valence-corrected chi connectivity index (χ3v) is 5.82. The Morgan fingerprint density at radius 3 is 2.65 bits per heavy atom. The zero-order valence-corrected chi connectivity index (χ0v) is 18.1. The molecule has 10 nitrogen and oxygen atoms in total. The molecule has 4 rings (SSSR count). The number of hydrogen-bond donors (Lipinski definition) is 0. The molecule has 3 aliphatic heterocycles. The number of nitrogens with zero attached hydrogens (tertiary/aromatic N) is 4. The van der Waals surface area contributed by atoms with Gasteiger partial charge < -0.3 is 24.0 Å². The third kappa shape index (κ3) is 4.41. The van der Waals surface area contributed by atoms with Gasteiger partial charge in [0, 0.05) is 45.2 Å². The highest BCUT2D eigenvalue weighted by Gasteiger charge is 2.38. The fourth-order valence-corrected chi connectivity index (χ4v) is 4.13. The summed E-state index contributed by atoms with van der Waals surface area (Å²) in [6, 6.07) is 0. The normalized spacial score (nSPS) is 22.5. The summed E-state index contributed by atoms with van der Waals surface area (Å²) in [4.78, 5) is 46.4. The first-order valence-electron chi connectivity index (χ1n) is 10.3. The number of allylic oxidation sites excluding steroid dienone is 1. The highest BCUT2D eigenvalue weighted by Crippen LogP contribution is 2.31. The molecule has 31 heavy (non-hydrogen) atoms. The largest absolute Gasteiger partial charge is 0.454 e. The van der Waals surface area contributed by atoms with Gasteiger partial charge in [-0.05, 0) is 31.6 Å². The van der Waals surface area contributed by atoms with E-state index in [0.717, 1.165) is 0 Å². The smallest absolute Gasteiger partial charge is 0.409 e. The lowest BCUT2D eigenvalue weighted by Gasteiger charge is -2.34. The second-order valence-corrected chi connectivity index (χ2v) is 7.77. The van der Waals surface area contributed by atoms with Gasteiger partial charge in [0.2, 0.25) is 23.7 Å². The molecule has 2 fully saturated rings. The number of carbonyl (C=O) groups excluding carboxylic acids is 3. The number of thiocarbonyl (C=S) groups is 1. The van der Waals surface area contributed by atoms with Crippen LogP contribution < -0.4 is 0 Å². The Hall–Kier alpha value is -2.95. The van der Waals surface area contributed by atoms with E-state index in [9.17, 15) is 14.4 Å². The molecule has 3 heterocycles. The van der Waals surface area contributed by atoms with Gasteiger partial charge in [-0.3, -0.25) is 14.5 Å². The van der Waals surface area contributed by atoms with Crippen molar-refractivity contribution < 1.29 is 28.6 Å². The van der Waals surface area contributed by atoms with Gasteiger partial charge in [0.25, 0.3) is 0 Å². The first-order chi connectivity index (χ1) is 15.0. The summed E-state index contributed by atoms with van der Waals surface area (Å²) in [6.45, 7) is 4.38. The first-order valence-corrected chi connectivity index (χ1v) is 10.7.